The largest absolute Gasteiger partial charge is 0.247 e. The van der Waals surface area contributed by atoms with Gasteiger partial charge in [-0.05, 0) is 13.3 Å². The number of aromatic nitrogens is 1. The van der Waals surface area contributed by atoms with E-state index in [0.29, 0.717) is 6.42 Å². The molecule has 0 radical (unpaired) electrons. The van der Waals surface area contributed by atoms with E-state index in [0.717, 1.165) is 23.5 Å². The van der Waals surface area contributed by atoms with Crippen molar-refractivity contribution in [3.63, 3.8) is 0 Å². The van der Waals surface area contributed by atoms with E-state index in [-0.39, 0.29) is 0 Å². The lowest BCUT2D eigenvalue weighted by molar-refractivity contribution is 0.840. The van der Waals surface area contributed by atoms with Crippen LogP contribution in [0.25, 0.3) is 0 Å². The van der Waals surface area contributed by atoms with Crippen molar-refractivity contribution in [3.8, 4) is 6.07 Å². The highest BCUT2D eigenvalue weighted by molar-refractivity contribution is 7.09. The maximum atomic E-state index is 8.28. The van der Waals surface area contributed by atoms with Crippen molar-refractivity contribution in [1.82, 2.24) is 4.98 Å². The van der Waals surface area contributed by atoms with Crippen molar-refractivity contribution in [3.05, 3.63) is 16.1 Å². The number of hydrogen-bond acceptors (Lipinski definition) is 3. The van der Waals surface area contributed by atoms with Gasteiger partial charge in [0.25, 0.3) is 0 Å². The Morgan fingerprint density at radius 1 is 1.73 bits per heavy atom. The number of hydrogen-bond donors (Lipinski definition) is 0. The normalized spacial score (nSPS) is 9.45. The Balaban J connectivity index is 2.34. The van der Waals surface area contributed by atoms with Gasteiger partial charge >= 0.3 is 0 Å². The third-order valence-corrected chi connectivity index (χ3v) is 2.37. The molecule has 1 aromatic rings. The zero-order valence-electron chi connectivity index (χ0n) is 6.50. The van der Waals surface area contributed by atoms with Crippen LogP contribution in [0.2, 0.25) is 0 Å². The first-order chi connectivity index (χ1) is 5.33. The summed E-state index contributed by atoms with van der Waals surface area (Å²) in [5, 5.41) is 11.5. The van der Waals surface area contributed by atoms with Crippen LogP contribution in [0, 0.1) is 18.3 Å². The molecule has 0 saturated heterocycles. The Morgan fingerprint density at radius 2 is 2.55 bits per heavy atom. The van der Waals surface area contributed by atoms with Gasteiger partial charge in [0.05, 0.1) is 11.1 Å². The molecule has 3 heteroatoms. The van der Waals surface area contributed by atoms with Crippen molar-refractivity contribution in [2.45, 2.75) is 26.2 Å². The summed E-state index contributed by atoms with van der Waals surface area (Å²) in [7, 11) is 0. The monoisotopic (exact) mass is 166 g/mol. The fourth-order valence-electron chi connectivity index (χ4n) is 0.836. The van der Waals surface area contributed by atoms with Gasteiger partial charge in [0, 0.05) is 23.9 Å². The highest BCUT2D eigenvalue weighted by Gasteiger charge is 1.96. The Kier molecular flexibility index (Phi) is 3.06. The summed E-state index contributed by atoms with van der Waals surface area (Å²) in [5.74, 6) is 0. The number of unbranched alkanes of at least 4 members (excludes halogenated alkanes) is 1. The lowest BCUT2D eigenvalue weighted by atomic mass is 10.2. The molecule has 0 spiro atoms. The van der Waals surface area contributed by atoms with Gasteiger partial charge in [0.15, 0.2) is 0 Å². The van der Waals surface area contributed by atoms with Gasteiger partial charge < -0.3 is 0 Å². The summed E-state index contributed by atoms with van der Waals surface area (Å²) in [5.41, 5.74) is 1.09. The highest BCUT2D eigenvalue weighted by Crippen LogP contribution is 2.11. The lowest BCUT2D eigenvalue weighted by Gasteiger charge is -1.88. The summed E-state index contributed by atoms with van der Waals surface area (Å²) in [4.78, 5) is 4.29. The molecule has 58 valence electrons. The summed E-state index contributed by atoms with van der Waals surface area (Å²) < 4.78 is 0. The average Bonchev–Trinajstić information content (AvgIpc) is 2.37. The first kappa shape index (κ1) is 8.22. The van der Waals surface area contributed by atoms with Gasteiger partial charge in [-0.2, -0.15) is 5.26 Å². The van der Waals surface area contributed by atoms with Gasteiger partial charge in [-0.1, -0.05) is 0 Å². The Bertz CT molecular complexity index is 259. The maximum Gasteiger partial charge on any atom is 0.0928 e. The van der Waals surface area contributed by atoms with Crippen LogP contribution in [0.15, 0.2) is 5.38 Å². The predicted octanol–water partition coefficient (Wildman–Crippen LogP) is 2.30. The minimum Gasteiger partial charge on any atom is -0.247 e. The molecule has 0 saturated carbocycles. The van der Waals surface area contributed by atoms with Crippen molar-refractivity contribution in [1.29, 1.82) is 5.26 Å². The van der Waals surface area contributed by atoms with E-state index in [4.69, 9.17) is 5.26 Å². The highest BCUT2D eigenvalue weighted by atomic mass is 32.1. The van der Waals surface area contributed by atoms with E-state index >= 15 is 0 Å². The van der Waals surface area contributed by atoms with Crippen LogP contribution >= 0.6 is 11.3 Å². The van der Waals surface area contributed by atoms with E-state index in [2.05, 4.69) is 11.1 Å². The summed E-state index contributed by atoms with van der Waals surface area (Å²) >= 11 is 1.68. The predicted molar refractivity (Wildman–Crippen MR) is 45.4 cm³/mol. The molecule has 0 unspecified atom stereocenters. The molecule has 0 aromatic carbocycles. The minimum atomic E-state index is 0.638. The average molecular weight is 166 g/mol. The molecule has 0 N–H and O–H groups in total. The first-order valence-electron chi connectivity index (χ1n) is 3.61. The van der Waals surface area contributed by atoms with Crippen molar-refractivity contribution in [2.75, 3.05) is 0 Å². The zero-order valence-corrected chi connectivity index (χ0v) is 7.32. The molecular formula is C8H10N2S. The van der Waals surface area contributed by atoms with E-state index in [9.17, 15) is 0 Å². The van der Waals surface area contributed by atoms with Crippen LogP contribution < -0.4 is 0 Å². The quantitative estimate of drug-likeness (QED) is 0.646. The number of aryl methyl sites for hydroxylation is 2. The molecule has 0 amide bonds. The van der Waals surface area contributed by atoms with Crippen molar-refractivity contribution in [2.24, 2.45) is 0 Å². The van der Waals surface area contributed by atoms with Crippen LogP contribution in [0.5, 0.6) is 0 Å². The number of thiazole rings is 1. The summed E-state index contributed by atoms with van der Waals surface area (Å²) in [6.45, 7) is 1.99. The first-order valence-corrected chi connectivity index (χ1v) is 4.49. The SMILES string of the molecule is Cc1csc(CCCC#N)n1. The second-order valence-corrected chi connectivity index (χ2v) is 3.34. The van der Waals surface area contributed by atoms with E-state index in [1.807, 2.05) is 12.3 Å². The summed E-state index contributed by atoms with van der Waals surface area (Å²) in [6.07, 6.45) is 2.52. The van der Waals surface area contributed by atoms with E-state index in [1.165, 1.54) is 0 Å². The zero-order chi connectivity index (χ0) is 8.10. The molecular weight excluding hydrogens is 156 g/mol. The van der Waals surface area contributed by atoms with Crippen LogP contribution in [0.3, 0.4) is 0 Å². The fourth-order valence-corrected chi connectivity index (χ4v) is 1.65. The van der Waals surface area contributed by atoms with Gasteiger partial charge in [0.2, 0.25) is 0 Å². The van der Waals surface area contributed by atoms with Gasteiger partial charge in [-0.25, -0.2) is 4.98 Å². The molecule has 0 atom stereocenters. The fraction of sp³-hybridized carbons (Fsp3) is 0.500. The molecule has 0 aliphatic carbocycles. The second kappa shape index (κ2) is 4.09. The smallest absolute Gasteiger partial charge is 0.0928 e. The Morgan fingerprint density at radius 3 is 3.09 bits per heavy atom. The molecule has 1 heterocycles. The molecule has 11 heavy (non-hydrogen) atoms. The topological polar surface area (TPSA) is 36.7 Å². The molecule has 0 aliphatic heterocycles. The molecule has 2 nitrogen and oxygen atoms in total. The molecule has 1 aromatic heterocycles. The van der Waals surface area contributed by atoms with Gasteiger partial charge in [0.1, 0.15) is 0 Å². The number of rotatable bonds is 3. The van der Waals surface area contributed by atoms with Crippen LogP contribution in [0.4, 0.5) is 0 Å². The van der Waals surface area contributed by atoms with Crippen molar-refractivity contribution >= 4 is 11.3 Å². The third kappa shape index (κ3) is 2.69. The van der Waals surface area contributed by atoms with Gasteiger partial charge in [-0.15, -0.1) is 11.3 Å². The number of nitriles is 1. The number of nitrogens with zero attached hydrogens (tertiary/aromatic N) is 2. The second-order valence-electron chi connectivity index (χ2n) is 2.39. The van der Waals surface area contributed by atoms with Crippen LogP contribution in [0.1, 0.15) is 23.5 Å². The molecule has 1 rings (SSSR count). The van der Waals surface area contributed by atoms with Crippen LogP contribution in [-0.4, -0.2) is 4.98 Å². The Hall–Kier alpha value is -0.880. The molecule has 0 fully saturated rings. The van der Waals surface area contributed by atoms with Crippen molar-refractivity contribution < 1.29 is 0 Å². The van der Waals surface area contributed by atoms with Gasteiger partial charge in [-0.3, -0.25) is 0 Å². The van der Waals surface area contributed by atoms with Crippen LogP contribution in [-0.2, 0) is 6.42 Å². The standard InChI is InChI=1S/C8H10N2S/c1-7-6-11-8(10-7)4-2-3-5-9/h6H,2-4H2,1H3. The minimum absolute atomic E-state index is 0.638. The molecule has 0 aliphatic rings. The Labute approximate surface area is 70.5 Å². The lowest BCUT2D eigenvalue weighted by Crippen LogP contribution is -1.82. The third-order valence-electron chi connectivity index (χ3n) is 1.35. The maximum absolute atomic E-state index is 8.28. The summed E-state index contributed by atoms with van der Waals surface area (Å²) in [6, 6.07) is 2.12. The van der Waals surface area contributed by atoms with E-state index in [1.54, 1.807) is 11.3 Å². The molecule has 0 bridgehead atoms. The van der Waals surface area contributed by atoms with E-state index < -0.39 is 0 Å².